The Bertz CT molecular complexity index is 807. The molecule has 2 N–H and O–H groups in total. The maximum absolute atomic E-state index is 13.0. The zero-order chi connectivity index (χ0) is 19.6. The van der Waals surface area contributed by atoms with Crippen molar-refractivity contribution in [2.24, 2.45) is 11.7 Å². The van der Waals surface area contributed by atoms with Gasteiger partial charge < -0.3 is 15.5 Å². The monoisotopic (exact) mass is 398 g/mol. The average molecular weight is 398 g/mol. The predicted octanol–water partition coefficient (Wildman–Crippen LogP) is 0.449. The molecule has 0 aromatic heterocycles. The van der Waals surface area contributed by atoms with Gasteiger partial charge in [0.15, 0.2) is 0 Å². The van der Waals surface area contributed by atoms with E-state index in [1.165, 1.54) is 21.3 Å². The predicted molar refractivity (Wildman–Crippen MR) is 95.6 cm³/mol. The van der Waals surface area contributed by atoms with Crippen LogP contribution in [0.2, 0.25) is 0 Å². The Morgan fingerprint density at radius 1 is 1.00 bits per heavy atom. The first-order valence-electron chi connectivity index (χ1n) is 8.88. The number of piperazine rings is 1. The molecule has 2 fully saturated rings. The molecule has 27 heavy (non-hydrogen) atoms. The summed E-state index contributed by atoms with van der Waals surface area (Å²) in [5.74, 6) is -0.867. The van der Waals surface area contributed by atoms with Gasteiger partial charge in [-0.25, -0.2) is 17.6 Å². The number of primary amides is 1. The number of benzene rings is 1. The summed E-state index contributed by atoms with van der Waals surface area (Å²) in [6, 6.07) is 4.17. The molecule has 2 heterocycles. The van der Waals surface area contributed by atoms with Gasteiger partial charge in [-0.2, -0.15) is 4.31 Å². The zero-order valence-corrected chi connectivity index (χ0v) is 15.7. The minimum atomic E-state index is -3.71. The average Bonchev–Trinajstić information content (AvgIpc) is 2.68. The van der Waals surface area contributed by atoms with Gasteiger partial charge in [-0.3, -0.25) is 4.79 Å². The first-order chi connectivity index (χ1) is 12.8. The number of urea groups is 1. The summed E-state index contributed by atoms with van der Waals surface area (Å²) >= 11 is 0. The Labute approximate surface area is 157 Å². The normalized spacial score (nSPS) is 21.9. The van der Waals surface area contributed by atoms with Crippen molar-refractivity contribution in [3.05, 3.63) is 30.1 Å². The van der Waals surface area contributed by atoms with Crippen molar-refractivity contribution in [3.8, 4) is 0 Å². The largest absolute Gasteiger partial charge is 0.351 e. The lowest BCUT2D eigenvalue weighted by atomic mass is 9.96. The minimum Gasteiger partial charge on any atom is -0.351 e. The SMILES string of the molecule is NC(=O)N1CCC[C@H](C(=O)N2CCN(S(=O)(=O)c3ccc(F)cc3)CC2)C1. The van der Waals surface area contributed by atoms with Crippen LogP contribution in [0.4, 0.5) is 9.18 Å². The van der Waals surface area contributed by atoms with Crippen LogP contribution in [0.3, 0.4) is 0 Å². The molecule has 1 atom stereocenters. The van der Waals surface area contributed by atoms with E-state index < -0.39 is 21.9 Å². The van der Waals surface area contributed by atoms with E-state index in [1.807, 2.05) is 0 Å². The lowest BCUT2D eigenvalue weighted by molar-refractivity contribution is -0.138. The standard InChI is InChI=1S/C17H23FN4O4S/c18-14-3-5-15(6-4-14)27(25,26)22-10-8-20(9-11-22)16(23)13-2-1-7-21(12-13)17(19)24/h3-6,13H,1-2,7-12H2,(H2,19,24)/t13-/m0/s1. The molecule has 10 heteroatoms. The smallest absolute Gasteiger partial charge is 0.314 e. The van der Waals surface area contributed by atoms with E-state index in [9.17, 15) is 22.4 Å². The van der Waals surface area contributed by atoms with Crippen LogP contribution in [0.1, 0.15) is 12.8 Å². The van der Waals surface area contributed by atoms with E-state index in [-0.39, 0.29) is 42.9 Å². The van der Waals surface area contributed by atoms with Crippen molar-refractivity contribution in [2.75, 3.05) is 39.3 Å². The number of piperidine rings is 1. The van der Waals surface area contributed by atoms with E-state index in [0.29, 0.717) is 19.5 Å². The molecule has 3 amide bonds. The number of sulfonamides is 1. The van der Waals surface area contributed by atoms with Crippen LogP contribution in [0.5, 0.6) is 0 Å². The van der Waals surface area contributed by atoms with Gasteiger partial charge in [0.25, 0.3) is 0 Å². The van der Waals surface area contributed by atoms with Crippen molar-refractivity contribution >= 4 is 22.0 Å². The van der Waals surface area contributed by atoms with Gasteiger partial charge in [0, 0.05) is 39.3 Å². The molecule has 1 aromatic carbocycles. The lowest BCUT2D eigenvalue weighted by Gasteiger charge is -2.38. The van der Waals surface area contributed by atoms with E-state index >= 15 is 0 Å². The number of amides is 3. The number of hydrogen-bond acceptors (Lipinski definition) is 4. The number of rotatable bonds is 3. The topological polar surface area (TPSA) is 104 Å². The molecule has 0 aliphatic carbocycles. The maximum atomic E-state index is 13.0. The minimum absolute atomic E-state index is 0.0352. The van der Waals surface area contributed by atoms with Crippen LogP contribution in [-0.4, -0.2) is 73.7 Å². The van der Waals surface area contributed by atoms with Crippen LogP contribution in [0, 0.1) is 11.7 Å². The highest BCUT2D eigenvalue weighted by molar-refractivity contribution is 7.89. The third-order valence-corrected chi connectivity index (χ3v) is 7.00. The molecule has 8 nitrogen and oxygen atoms in total. The van der Waals surface area contributed by atoms with Crippen LogP contribution in [0.25, 0.3) is 0 Å². The van der Waals surface area contributed by atoms with Crippen molar-refractivity contribution in [1.29, 1.82) is 0 Å². The highest BCUT2D eigenvalue weighted by Gasteiger charge is 2.34. The number of halogens is 1. The molecule has 0 bridgehead atoms. The molecule has 0 spiro atoms. The second-order valence-electron chi connectivity index (χ2n) is 6.81. The third kappa shape index (κ3) is 4.22. The van der Waals surface area contributed by atoms with Gasteiger partial charge >= 0.3 is 6.03 Å². The molecule has 2 saturated heterocycles. The Balaban J connectivity index is 1.60. The fraction of sp³-hybridized carbons (Fsp3) is 0.529. The summed E-state index contributed by atoms with van der Waals surface area (Å²) in [5, 5.41) is 0. The van der Waals surface area contributed by atoms with Gasteiger partial charge in [-0.15, -0.1) is 0 Å². The fourth-order valence-electron chi connectivity index (χ4n) is 3.54. The van der Waals surface area contributed by atoms with Gasteiger partial charge in [0.1, 0.15) is 5.82 Å². The van der Waals surface area contributed by atoms with Gasteiger partial charge in [-0.05, 0) is 37.1 Å². The van der Waals surface area contributed by atoms with Gasteiger partial charge in [0.05, 0.1) is 10.8 Å². The number of hydrogen-bond donors (Lipinski definition) is 1. The van der Waals surface area contributed by atoms with E-state index in [2.05, 4.69) is 0 Å². The quantitative estimate of drug-likeness (QED) is 0.798. The van der Waals surface area contributed by atoms with Crippen molar-refractivity contribution < 1.29 is 22.4 Å². The number of likely N-dealkylation sites (tertiary alicyclic amines) is 1. The molecule has 1 aromatic rings. The number of carbonyl (C=O) groups excluding carboxylic acids is 2. The highest BCUT2D eigenvalue weighted by Crippen LogP contribution is 2.22. The summed E-state index contributed by atoms with van der Waals surface area (Å²) in [7, 11) is -3.71. The molecule has 2 aliphatic rings. The lowest BCUT2D eigenvalue weighted by Crippen LogP contribution is -2.54. The molecular weight excluding hydrogens is 375 g/mol. The highest BCUT2D eigenvalue weighted by atomic mass is 32.2. The third-order valence-electron chi connectivity index (χ3n) is 5.08. The van der Waals surface area contributed by atoms with Crippen LogP contribution < -0.4 is 5.73 Å². The molecule has 148 valence electrons. The Kier molecular flexibility index (Phi) is 5.66. The Morgan fingerprint density at radius 2 is 1.63 bits per heavy atom. The molecule has 0 saturated carbocycles. The number of nitrogens with zero attached hydrogens (tertiary/aromatic N) is 3. The van der Waals surface area contributed by atoms with Crippen molar-refractivity contribution in [1.82, 2.24) is 14.1 Å². The van der Waals surface area contributed by atoms with E-state index in [4.69, 9.17) is 5.73 Å². The van der Waals surface area contributed by atoms with Crippen LogP contribution >= 0.6 is 0 Å². The summed E-state index contributed by atoms with van der Waals surface area (Å²) in [5.41, 5.74) is 5.30. The van der Waals surface area contributed by atoms with Gasteiger partial charge in [0.2, 0.25) is 15.9 Å². The summed E-state index contributed by atoms with van der Waals surface area (Å²) < 4.78 is 39.6. The van der Waals surface area contributed by atoms with Crippen LogP contribution in [0.15, 0.2) is 29.2 Å². The molecule has 0 radical (unpaired) electrons. The fourth-order valence-corrected chi connectivity index (χ4v) is 4.96. The summed E-state index contributed by atoms with van der Waals surface area (Å²) in [6.45, 7) is 1.79. The molecular formula is C17H23FN4O4S. The van der Waals surface area contributed by atoms with Crippen LogP contribution in [-0.2, 0) is 14.8 Å². The number of carbonyl (C=O) groups is 2. The van der Waals surface area contributed by atoms with E-state index in [0.717, 1.165) is 18.6 Å². The number of nitrogens with two attached hydrogens (primary N) is 1. The van der Waals surface area contributed by atoms with Crippen molar-refractivity contribution in [2.45, 2.75) is 17.7 Å². The summed E-state index contributed by atoms with van der Waals surface area (Å²) in [4.78, 5) is 27.2. The molecule has 0 unspecified atom stereocenters. The van der Waals surface area contributed by atoms with Crippen molar-refractivity contribution in [3.63, 3.8) is 0 Å². The van der Waals surface area contributed by atoms with Gasteiger partial charge in [-0.1, -0.05) is 0 Å². The second kappa shape index (κ2) is 7.81. The molecule has 2 aliphatic heterocycles. The summed E-state index contributed by atoms with van der Waals surface area (Å²) in [6.07, 6.45) is 1.41. The first-order valence-corrected chi connectivity index (χ1v) is 10.3. The first kappa shape index (κ1) is 19.6. The second-order valence-corrected chi connectivity index (χ2v) is 8.74. The van der Waals surface area contributed by atoms with E-state index in [1.54, 1.807) is 4.90 Å². The molecule has 3 rings (SSSR count). The Hall–Kier alpha value is -2.20. The zero-order valence-electron chi connectivity index (χ0n) is 14.9. The Morgan fingerprint density at radius 3 is 2.22 bits per heavy atom. The maximum Gasteiger partial charge on any atom is 0.314 e.